The number of benzene rings is 1. The lowest BCUT2D eigenvalue weighted by Crippen LogP contribution is -2.34. The summed E-state index contributed by atoms with van der Waals surface area (Å²) in [6.07, 6.45) is 6.34. The van der Waals surface area contributed by atoms with Gasteiger partial charge in [0.05, 0.1) is 10.5 Å². The Morgan fingerprint density at radius 2 is 2.32 bits per heavy atom. The largest absolute Gasteiger partial charge is 0.348 e. The molecule has 0 aliphatic carbocycles. The Hall–Kier alpha value is -1.87. The van der Waals surface area contributed by atoms with Crippen molar-refractivity contribution in [2.75, 3.05) is 0 Å². The minimum atomic E-state index is -0.542. The fourth-order valence-electron chi connectivity index (χ4n) is 1.54. The van der Waals surface area contributed by atoms with Gasteiger partial charge in [-0.25, -0.2) is 0 Å². The van der Waals surface area contributed by atoms with Gasteiger partial charge in [-0.15, -0.1) is 12.3 Å². The third-order valence-corrected chi connectivity index (χ3v) is 3.45. The van der Waals surface area contributed by atoms with Crippen LogP contribution in [0.1, 0.15) is 30.1 Å². The highest BCUT2D eigenvalue weighted by atomic mass is 79.9. The minimum Gasteiger partial charge on any atom is -0.348 e. The Balaban J connectivity index is 2.98. The lowest BCUT2D eigenvalue weighted by Gasteiger charge is -2.14. The predicted octanol–water partition coefficient (Wildman–Crippen LogP) is 2.89. The van der Waals surface area contributed by atoms with Gasteiger partial charge in [0.2, 0.25) is 0 Å². The maximum atomic E-state index is 12.1. The molecule has 1 N–H and O–H groups in total. The zero-order chi connectivity index (χ0) is 14.4. The lowest BCUT2D eigenvalue weighted by atomic mass is 10.1. The first kappa shape index (κ1) is 15.2. The van der Waals surface area contributed by atoms with Gasteiger partial charge in [0.25, 0.3) is 11.6 Å². The first-order chi connectivity index (χ1) is 9.01. The highest BCUT2D eigenvalue weighted by molar-refractivity contribution is 9.10. The first-order valence-corrected chi connectivity index (χ1v) is 6.47. The molecule has 1 aromatic carbocycles. The molecule has 6 heteroatoms. The maximum Gasteiger partial charge on any atom is 0.284 e. The van der Waals surface area contributed by atoms with Gasteiger partial charge in [-0.3, -0.25) is 14.9 Å². The van der Waals surface area contributed by atoms with Crippen molar-refractivity contribution in [3.05, 3.63) is 38.3 Å². The van der Waals surface area contributed by atoms with Crippen molar-refractivity contribution >= 4 is 27.5 Å². The summed E-state index contributed by atoms with van der Waals surface area (Å²) in [5.41, 5.74) is 0.0855. The number of carbonyl (C=O) groups is 1. The van der Waals surface area contributed by atoms with Crippen molar-refractivity contribution in [2.45, 2.75) is 25.8 Å². The number of nitrogens with one attached hydrogen (secondary N) is 1. The van der Waals surface area contributed by atoms with Crippen LogP contribution in [0.25, 0.3) is 0 Å². The number of halogens is 1. The molecule has 0 fully saturated rings. The van der Waals surface area contributed by atoms with Crippen molar-refractivity contribution in [1.29, 1.82) is 0 Å². The quantitative estimate of drug-likeness (QED) is 0.514. The summed E-state index contributed by atoms with van der Waals surface area (Å²) in [6.45, 7) is 1.91. The van der Waals surface area contributed by atoms with E-state index in [1.165, 1.54) is 18.2 Å². The molecule has 0 spiro atoms. The molecule has 0 aliphatic rings. The van der Waals surface area contributed by atoms with E-state index in [0.29, 0.717) is 12.8 Å². The second-order valence-electron chi connectivity index (χ2n) is 3.88. The third-order valence-electron chi connectivity index (χ3n) is 2.61. The zero-order valence-electron chi connectivity index (χ0n) is 10.4. The van der Waals surface area contributed by atoms with Crippen molar-refractivity contribution in [1.82, 2.24) is 5.32 Å². The highest BCUT2D eigenvalue weighted by Gasteiger charge is 2.20. The van der Waals surface area contributed by atoms with Crippen molar-refractivity contribution in [3.63, 3.8) is 0 Å². The molecule has 0 heterocycles. The second-order valence-corrected chi connectivity index (χ2v) is 4.68. The van der Waals surface area contributed by atoms with Crippen LogP contribution in [-0.4, -0.2) is 16.9 Å². The molecule has 0 radical (unpaired) electrons. The van der Waals surface area contributed by atoms with E-state index < -0.39 is 4.92 Å². The number of rotatable bonds is 5. The standard InChI is InChI=1S/C13H13BrN2O3/c1-3-6-9(4-2)15-13(17)10-7-5-8-11(12(10)14)16(18)19/h1,5,7-9H,4,6H2,2H3,(H,15,17). The van der Waals surface area contributed by atoms with E-state index in [1.807, 2.05) is 6.92 Å². The molecule has 0 bridgehead atoms. The van der Waals surface area contributed by atoms with Crippen LogP contribution in [0.5, 0.6) is 0 Å². The topological polar surface area (TPSA) is 72.2 Å². The number of hydrogen-bond acceptors (Lipinski definition) is 3. The molecular weight excluding hydrogens is 312 g/mol. The van der Waals surface area contributed by atoms with Crippen LogP contribution in [-0.2, 0) is 0 Å². The Bertz CT molecular complexity index is 537. The van der Waals surface area contributed by atoms with Crippen molar-refractivity contribution in [2.24, 2.45) is 0 Å². The maximum absolute atomic E-state index is 12.1. The number of nitro groups is 1. The van der Waals surface area contributed by atoms with Gasteiger partial charge >= 0.3 is 0 Å². The Labute approximate surface area is 119 Å². The second kappa shape index (κ2) is 6.90. The summed E-state index contributed by atoms with van der Waals surface area (Å²) < 4.78 is 0.174. The van der Waals surface area contributed by atoms with Gasteiger partial charge < -0.3 is 5.32 Å². The zero-order valence-corrected chi connectivity index (χ0v) is 11.9. The number of carbonyl (C=O) groups excluding carboxylic acids is 1. The van der Waals surface area contributed by atoms with Gasteiger partial charge in [0, 0.05) is 18.5 Å². The first-order valence-electron chi connectivity index (χ1n) is 5.68. The van der Waals surface area contributed by atoms with Gasteiger partial charge in [-0.1, -0.05) is 13.0 Å². The predicted molar refractivity (Wildman–Crippen MR) is 75.8 cm³/mol. The summed E-state index contributed by atoms with van der Waals surface area (Å²) in [7, 11) is 0. The summed E-state index contributed by atoms with van der Waals surface area (Å²) in [5, 5.41) is 13.6. The van der Waals surface area contributed by atoms with Crippen LogP contribution < -0.4 is 5.32 Å². The normalized spacial score (nSPS) is 11.4. The molecule has 1 atom stereocenters. The van der Waals surface area contributed by atoms with E-state index in [1.54, 1.807) is 0 Å². The molecule has 1 rings (SSSR count). The van der Waals surface area contributed by atoms with Gasteiger partial charge in [0.1, 0.15) is 4.47 Å². The average Bonchev–Trinajstić information content (AvgIpc) is 2.37. The van der Waals surface area contributed by atoms with Crippen LogP contribution in [0, 0.1) is 22.5 Å². The van der Waals surface area contributed by atoms with E-state index >= 15 is 0 Å². The van der Waals surface area contributed by atoms with E-state index in [4.69, 9.17) is 6.42 Å². The molecule has 0 aromatic heterocycles. The van der Waals surface area contributed by atoms with E-state index in [9.17, 15) is 14.9 Å². The molecule has 5 nitrogen and oxygen atoms in total. The van der Waals surface area contributed by atoms with E-state index in [-0.39, 0.29) is 27.7 Å². The van der Waals surface area contributed by atoms with Crippen LogP contribution in [0.3, 0.4) is 0 Å². The fourth-order valence-corrected chi connectivity index (χ4v) is 2.13. The minimum absolute atomic E-state index is 0.135. The summed E-state index contributed by atoms with van der Waals surface area (Å²) >= 11 is 3.09. The van der Waals surface area contributed by atoms with Crippen LogP contribution in [0.15, 0.2) is 22.7 Å². The van der Waals surface area contributed by atoms with Crippen molar-refractivity contribution < 1.29 is 9.72 Å². The number of amides is 1. The Kier molecular flexibility index (Phi) is 5.52. The number of nitrogens with zero attached hydrogens (tertiary/aromatic N) is 1. The SMILES string of the molecule is C#CCC(CC)NC(=O)c1cccc([N+](=O)[O-])c1Br. The lowest BCUT2D eigenvalue weighted by molar-refractivity contribution is -0.385. The van der Waals surface area contributed by atoms with Crippen LogP contribution in [0.2, 0.25) is 0 Å². The van der Waals surface area contributed by atoms with Gasteiger partial charge in [-0.05, 0) is 28.4 Å². The molecule has 100 valence electrons. The summed E-state index contributed by atoms with van der Waals surface area (Å²) in [5.74, 6) is 2.11. The fraction of sp³-hybridized carbons (Fsp3) is 0.308. The smallest absolute Gasteiger partial charge is 0.284 e. The van der Waals surface area contributed by atoms with Gasteiger partial charge in [0.15, 0.2) is 0 Å². The van der Waals surface area contributed by atoms with Crippen LogP contribution in [0.4, 0.5) is 5.69 Å². The molecular formula is C13H13BrN2O3. The molecule has 0 saturated heterocycles. The van der Waals surface area contributed by atoms with E-state index in [0.717, 1.165) is 0 Å². The van der Waals surface area contributed by atoms with Gasteiger partial charge in [-0.2, -0.15) is 0 Å². The highest BCUT2D eigenvalue weighted by Crippen LogP contribution is 2.28. The summed E-state index contributed by atoms with van der Waals surface area (Å²) in [4.78, 5) is 22.3. The van der Waals surface area contributed by atoms with Crippen LogP contribution >= 0.6 is 15.9 Å². The molecule has 0 saturated carbocycles. The third kappa shape index (κ3) is 3.80. The average molecular weight is 325 g/mol. The number of nitro benzene ring substituents is 1. The molecule has 1 aromatic rings. The number of terminal acetylenes is 1. The van der Waals surface area contributed by atoms with E-state index in [2.05, 4.69) is 27.2 Å². The molecule has 0 aliphatic heterocycles. The summed E-state index contributed by atoms with van der Waals surface area (Å²) in [6, 6.07) is 4.19. The Morgan fingerprint density at radius 1 is 1.63 bits per heavy atom. The Morgan fingerprint density at radius 3 is 2.84 bits per heavy atom. The monoisotopic (exact) mass is 324 g/mol. The molecule has 1 amide bonds. The molecule has 1 unspecified atom stereocenters. The number of hydrogen-bond donors (Lipinski definition) is 1. The molecule has 19 heavy (non-hydrogen) atoms. The van der Waals surface area contributed by atoms with Crippen molar-refractivity contribution in [3.8, 4) is 12.3 Å².